The third kappa shape index (κ3) is 6.35. The van der Waals surface area contributed by atoms with E-state index in [2.05, 4.69) is 5.32 Å². The highest BCUT2D eigenvalue weighted by molar-refractivity contribution is 5.79. The summed E-state index contributed by atoms with van der Waals surface area (Å²) >= 11 is 0. The number of aliphatic carboxylic acids is 1. The number of rotatable bonds is 8. The Bertz CT molecular complexity index is 473. The van der Waals surface area contributed by atoms with Crippen LogP contribution in [0.5, 0.6) is 0 Å². The second-order valence-electron chi connectivity index (χ2n) is 4.92. The SMILES string of the molecule is CC(C)OCCC(=O)NCC(C(=O)O)c1ccc(F)cc1. The lowest BCUT2D eigenvalue weighted by molar-refractivity contribution is -0.138. The Morgan fingerprint density at radius 1 is 1.29 bits per heavy atom. The molecule has 0 aromatic heterocycles. The Balaban J connectivity index is 2.50. The molecule has 116 valence electrons. The number of hydrogen-bond donors (Lipinski definition) is 2. The van der Waals surface area contributed by atoms with Gasteiger partial charge in [0.1, 0.15) is 5.82 Å². The van der Waals surface area contributed by atoms with Crippen LogP contribution in [0.25, 0.3) is 0 Å². The standard InChI is InChI=1S/C15H20FNO4/c1-10(2)21-8-7-14(18)17-9-13(15(19)20)11-3-5-12(16)6-4-11/h3-6,10,13H,7-9H2,1-2H3,(H,17,18)(H,19,20). The average molecular weight is 297 g/mol. The van der Waals surface area contributed by atoms with Crippen molar-refractivity contribution in [1.82, 2.24) is 5.32 Å². The molecule has 0 heterocycles. The molecule has 1 unspecified atom stereocenters. The summed E-state index contributed by atoms with van der Waals surface area (Å²) in [6.07, 6.45) is 0.220. The topological polar surface area (TPSA) is 75.6 Å². The maximum absolute atomic E-state index is 12.8. The molecule has 21 heavy (non-hydrogen) atoms. The van der Waals surface area contributed by atoms with Gasteiger partial charge < -0.3 is 15.2 Å². The number of carbonyl (C=O) groups is 2. The largest absolute Gasteiger partial charge is 0.481 e. The summed E-state index contributed by atoms with van der Waals surface area (Å²) in [7, 11) is 0. The van der Waals surface area contributed by atoms with Gasteiger partial charge in [-0.1, -0.05) is 12.1 Å². The van der Waals surface area contributed by atoms with E-state index in [1.165, 1.54) is 24.3 Å². The van der Waals surface area contributed by atoms with Crippen LogP contribution in [0.2, 0.25) is 0 Å². The molecule has 0 aliphatic heterocycles. The molecule has 1 rings (SSSR count). The zero-order valence-electron chi connectivity index (χ0n) is 12.1. The van der Waals surface area contributed by atoms with Gasteiger partial charge in [0.05, 0.1) is 18.6 Å². The van der Waals surface area contributed by atoms with E-state index < -0.39 is 17.7 Å². The first kappa shape index (κ1) is 17.1. The second-order valence-corrected chi connectivity index (χ2v) is 4.92. The summed E-state index contributed by atoms with van der Waals surface area (Å²) in [5.74, 6) is -2.68. The molecular formula is C15H20FNO4. The number of carbonyl (C=O) groups excluding carboxylic acids is 1. The molecule has 0 spiro atoms. The molecule has 1 aromatic rings. The monoisotopic (exact) mass is 297 g/mol. The number of halogens is 1. The van der Waals surface area contributed by atoms with Crippen LogP contribution in [0.4, 0.5) is 4.39 Å². The Morgan fingerprint density at radius 3 is 2.43 bits per heavy atom. The van der Waals surface area contributed by atoms with E-state index in [0.717, 1.165) is 0 Å². The van der Waals surface area contributed by atoms with Gasteiger partial charge in [-0.05, 0) is 31.5 Å². The molecular weight excluding hydrogens is 277 g/mol. The van der Waals surface area contributed by atoms with Crippen molar-refractivity contribution in [2.45, 2.75) is 32.3 Å². The van der Waals surface area contributed by atoms with Crippen LogP contribution >= 0.6 is 0 Å². The molecule has 5 nitrogen and oxygen atoms in total. The Kier molecular flexibility index (Phi) is 6.81. The summed E-state index contributed by atoms with van der Waals surface area (Å²) < 4.78 is 18.1. The van der Waals surface area contributed by atoms with E-state index in [1.807, 2.05) is 13.8 Å². The summed E-state index contributed by atoms with van der Waals surface area (Å²) in [4.78, 5) is 22.8. The minimum absolute atomic E-state index is 0.0402. The fourth-order valence-electron chi connectivity index (χ4n) is 1.73. The van der Waals surface area contributed by atoms with Crippen LogP contribution in [0, 0.1) is 5.82 Å². The summed E-state index contributed by atoms with van der Waals surface area (Å²) in [5, 5.41) is 11.7. The van der Waals surface area contributed by atoms with E-state index in [0.29, 0.717) is 5.56 Å². The number of nitrogens with one attached hydrogen (secondary N) is 1. The zero-order valence-corrected chi connectivity index (χ0v) is 12.1. The van der Waals surface area contributed by atoms with Crippen LogP contribution in [0.15, 0.2) is 24.3 Å². The van der Waals surface area contributed by atoms with E-state index in [4.69, 9.17) is 4.74 Å². The van der Waals surface area contributed by atoms with E-state index in [1.54, 1.807) is 0 Å². The molecule has 0 saturated heterocycles. The highest BCUT2D eigenvalue weighted by Gasteiger charge is 2.20. The van der Waals surface area contributed by atoms with Gasteiger partial charge >= 0.3 is 5.97 Å². The van der Waals surface area contributed by atoms with Gasteiger partial charge in [-0.2, -0.15) is 0 Å². The first-order valence-electron chi connectivity index (χ1n) is 6.76. The zero-order chi connectivity index (χ0) is 15.8. The minimum atomic E-state index is -1.07. The van der Waals surface area contributed by atoms with Gasteiger partial charge in [-0.3, -0.25) is 9.59 Å². The van der Waals surface area contributed by atoms with Crippen molar-refractivity contribution in [3.8, 4) is 0 Å². The maximum Gasteiger partial charge on any atom is 0.312 e. The number of carboxylic acids is 1. The molecule has 0 aliphatic carbocycles. The summed E-state index contributed by atoms with van der Waals surface area (Å²) in [5.41, 5.74) is 0.447. The number of ether oxygens (including phenoxy) is 1. The predicted molar refractivity (Wildman–Crippen MR) is 75.5 cm³/mol. The van der Waals surface area contributed by atoms with Gasteiger partial charge in [0, 0.05) is 13.0 Å². The highest BCUT2D eigenvalue weighted by Crippen LogP contribution is 2.16. The smallest absolute Gasteiger partial charge is 0.312 e. The molecule has 1 aromatic carbocycles. The van der Waals surface area contributed by atoms with Crippen LogP contribution in [0.1, 0.15) is 31.7 Å². The van der Waals surface area contributed by atoms with Gasteiger partial charge in [0.2, 0.25) is 5.91 Å². The first-order valence-corrected chi connectivity index (χ1v) is 6.76. The Labute approximate surface area is 123 Å². The lowest BCUT2D eigenvalue weighted by Crippen LogP contribution is -2.32. The van der Waals surface area contributed by atoms with Gasteiger partial charge in [-0.15, -0.1) is 0 Å². The summed E-state index contributed by atoms with van der Waals surface area (Å²) in [6, 6.07) is 5.21. The highest BCUT2D eigenvalue weighted by atomic mass is 19.1. The van der Waals surface area contributed by atoms with Crippen LogP contribution < -0.4 is 5.32 Å². The molecule has 0 saturated carbocycles. The fraction of sp³-hybridized carbons (Fsp3) is 0.467. The van der Waals surface area contributed by atoms with Crippen molar-refractivity contribution >= 4 is 11.9 Å². The number of benzene rings is 1. The van der Waals surface area contributed by atoms with E-state index >= 15 is 0 Å². The van der Waals surface area contributed by atoms with Gasteiger partial charge in [0.15, 0.2) is 0 Å². The fourth-order valence-corrected chi connectivity index (χ4v) is 1.73. The van der Waals surface area contributed by atoms with Crippen molar-refractivity contribution in [1.29, 1.82) is 0 Å². The molecule has 0 bridgehead atoms. The quantitative estimate of drug-likeness (QED) is 0.768. The third-order valence-corrected chi connectivity index (χ3v) is 2.85. The van der Waals surface area contributed by atoms with Crippen LogP contribution in [-0.4, -0.2) is 36.2 Å². The third-order valence-electron chi connectivity index (χ3n) is 2.85. The van der Waals surface area contributed by atoms with E-state index in [9.17, 15) is 19.1 Å². The number of carboxylic acid groups (broad SMARTS) is 1. The molecule has 1 atom stereocenters. The summed E-state index contributed by atoms with van der Waals surface area (Å²) in [6.45, 7) is 3.99. The van der Waals surface area contributed by atoms with Crippen molar-refractivity contribution in [3.05, 3.63) is 35.6 Å². The predicted octanol–water partition coefficient (Wildman–Crippen LogP) is 1.93. The molecule has 6 heteroatoms. The van der Waals surface area contributed by atoms with Crippen molar-refractivity contribution in [3.63, 3.8) is 0 Å². The first-order chi connectivity index (χ1) is 9.90. The van der Waals surface area contributed by atoms with Gasteiger partial charge in [0.25, 0.3) is 0 Å². The maximum atomic E-state index is 12.8. The average Bonchev–Trinajstić information content (AvgIpc) is 2.40. The number of amides is 1. The molecule has 0 radical (unpaired) electrons. The normalized spacial score (nSPS) is 12.2. The van der Waals surface area contributed by atoms with Gasteiger partial charge in [-0.25, -0.2) is 4.39 Å². The van der Waals surface area contributed by atoms with E-state index in [-0.39, 0.29) is 31.6 Å². The van der Waals surface area contributed by atoms with Crippen molar-refractivity contribution in [2.75, 3.05) is 13.2 Å². The molecule has 1 amide bonds. The molecule has 0 aliphatic rings. The van der Waals surface area contributed by atoms with Crippen molar-refractivity contribution in [2.24, 2.45) is 0 Å². The minimum Gasteiger partial charge on any atom is -0.481 e. The number of hydrogen-bond acceptors (Lipinski definition) is 3. The Hall–Kier alpha value is -1.95. The second kappa shape index (κ2) is 8.36. The molecule has 0 fully saturated rings. The Morgan fingerprint density at radius 2 is 1.90 bits per heavy atom. The van der Waals surface area contributed by atoms with Crippen molar-refractivity contribution < 1.29 is 23.8 Å². The van der Waals surface area contributed by atoms with Crippen LogP contribution in [0.3, 0.4) is 0 Å². The lowest BCUT2D eigenvalue weighted by Gasteiger charge is -2.14. The van der Waals surface area contributed by atoms with Crippen LogP contribution in [-0.2, 0) is 14.3 Å². The lowest BCUT2D eigenvalue weighted by atomic mass is 9.99. The molecule has 2 N–H and O–H groups in total.